The van der Waals surface area contributed by atoms with Crippen LogP contribution in [-0.4, -0.2) is 22.8 Å². The van der Waals surface area contributed by atoms with Gasteiger partial charge in [-0.3, -0.25) is 9.59 Å². The Labute approximate surface area is 72.1 Å². The fourth-order valence-corrected chi connectivity index (χ4v) is 1.29. The molecule has 0 aromatic carbocycles. The van der Waals surface area contributed by atoms with Crippen molar-refractivity contribution in [2.24, 2.45) is 0 Å². The van der Waals surface area contributed by atoms with Gasteiger partial charge in [-0.15, -0.1) is 0 Å². The van der Waals surface area contributed by atoms with Crippen LogP contribution >= 0.6 is 0 Å². The fourth-order valence-electron chi connectivity index (χ4n) is 1.29. The third-order valence-electron chi connectivity index (χ3n) is 1.97. The lowest BCUT2D eigenvalue weighted by Crippen LogP contribution is -2.25. The van der Waals surface area contributed by atoms with Crippen LogP contribution < -0.4 is 5.56 Å². The summed E-state index contributed by atoms with van der Waals surface area (Å²) < 4.78 is 9.71. The smallest absolute Gasteiger partial charge is 0.316 e. The summed E-state index contributed by atoms with van der Waals surface area (Å²) in [4.78, 5) is 21.7. The van der Waals surface area contributed by atoms with Crippen molar-refractivity contribution >= 4 is 5.97 Å². The van der Waals surface area contributed by atoms with E-state index in [0.717, 1.165) is 0 Å². The molecule has 1 aromatic heterocycles. The Kier molecular flexibility index (Phi) is 1.70. The van der Waals surface area contributed by atoms with Crippen LogP contribution in [0, 0.1) is 0 Å². The highest BCUT2D eigenvalue weighted by Crippen LogP contribution is 2.23. The normalized spacial score (nSPS) is 21.1. The summed E-state index contributed by atoms with van der Waals surface area (Å²) in [7, 11) is 0. The molecule has 0 radical (unpaired) electrons. The predicted molar refractivity (Wildman–Crippen MR) is 39.4 cm³/mol. The molecule has 0 saturated carbocycles. The van der Waals surface area contributed by atoms with Gasteiger partial charge in [0.05, 0.1) is 18.8 Å². The zero-order valence-corrected chi connectivity index (χ0v) is 6.57. The van der Waals surface area contributed by atoms with Crippen molar-refractivity contribution in [1.29, 1.82) is 0 Å². The Bertz CT molecular complexity index is 390. The highest BCUT2D eigenvalue weighted by atomic mass is 16.5. The van der Waals surface area contributed by atoms with E-state index in [9.17, 15) is 9.59 Å². The van der Waals surface area contributed by atoms with Gasteiger partial charge in [0.1, 0.15) is 5.92 Å². The van der Waals surface area contributed by atoms with Gasteiger partial charge in [0.15, 0.2) is 5.76 Å². The van der Waals surface area contributed by atoms with Crippen LogP contribution in [0.15, 0.2) is 9.32 Å². The molecule has 2 rings (SSSR count). The molecule has 13 heavy (non-hydrogen) atoms. The SMILES string of the molecule is O=C(O)C1COCc2c1o[nH]c2=O. The first-order chi connectivity index (χ1) is 6.20. The lowest BCUT2D eigenvalue weighted by Gasteiger charge is -2.15. The molecule has 6 nitrogen and oxygen atoms in total. The largest absolute Gasteiger partial charge is 0.481 e. The lowest BCUT2D eigenvalue weighted by atomic mass is 10.0. The Morgan fingerprint density at radius 2 is 2.38 bits per heavy atom. The number of carbonyl (C=O) groups is 1. The van der Waals surface area contributed by atoms with Crippen molar-refractivity contribution in [2.75, 3.05) is 6.61 Å². The number of hydrogen-bond acceptors (Lipinski definition) is 4. The molecule has 2 N–H and O–H groups in total. The number of rotatable bonds is 1. The quantitative estimate of drug-likeness (QED) is 0.624. The second kappa shape index (κ2) is 2.74. The van der Waals surface area contributed by atoms with E-state index in [1.165, 1.54) is 0 Å². The predicted octanol–water partition coefficient (Wildman–Crippen LogP) is -0.334. The first kappa shape index (κ1) is 8.06. The average Bonchev–Trinajstić information content (AvgIpc) is 2.48. The van der Waals surface area contributed by atoms with Gasteiger partial charge in [0, 0.05) is 0 Å². The van der Waals surface area contributed by atoms with E-state index in [1.807, 2.05) is 0 Å². The highest BCUT2D eigenvalue weighted by Gasteiger charge is 2.32. The topological polar surface area (TPSA) is 92.5 Å². The summed E-state index contributed by atoms with van der Waals surface area (Å²) in [5.74, 6) is -1.74. The monoisotopic (exact) mass is 185 g/mol. The third-order valence-corrected chi connectivity index (χ3v) is 1.97. The molecule has 0 fully saturated rings. The summed E-state index contributed by atoms with van der Waals surface area (Å²) in [5.41, 5.74) is -0.139. The van der Waals surface area contributed by atoms with Crippen LogP contribution in [0.5, 0.6) is 0 Å². The number of carboxylic acid groups (broad SMARTS) is 1. The molecule has 1 atom stereocenters. The van der Waals surface area contributed by atoms with Gasteiger partial charge in [-0.1, -0.05) is 0 Å². The van der Waals surface area contributed by atoms with Gasteiger partial charge >= 0.3 is 5.97 Å². The van der Waals surface area contributed by atoms with Gasteiger partial charge in [-0.05, 0) is 0 Å². The Hall–Kier alpha value is -1.56. The fraction of sp³-hybridized carbons (Fsp3) is 0.429. The van der Waals surface area contributed by atoms with E-state index in [0.29, 0.717) is 0 Å². The molecule has 6 heteroatoms. The minimum Gasteiger partial charge on any atom is -0.481 e. The maximum atomic E-state index is 11.0. The van der Waals surface area contributed by atoms with Crippen LogP contribution in [0.2, 0.25) is 0 Å². The minimum atomic E-state index is -1.05. The highest BCUT2D eigenvalue weighted by molar-refractivity contribution is 5.76. The minimum absolute atomic E-state index is 0.0448. The number of H-pyrrole nitrogens is 1. The molecular weight excluding hydrogens is 178 g/mol. The molecule has 1 unspecified atom stereocenters. The molecule has 0 bridgehead atoms. The molecule has 0 amide bonds. The number of ether oxygens (including phenoxy) is 1. The summed E-state index contributed by atoms with van der Waals surface area (Å²) in [6.45, 7) is 0.161. The Balaban J connectivity index is 2.49. The molecule has 1 aromatic rings. The summed E-state index contributed by atoms with van der Waals surface area (Å²) in [6.07, 6.45) is 0. The van der Waals surface area contributed by atoms with Crippen molar-refractivity contribution < 1.29 is 19.2 Å². The van der Waals surface area contributed by atoms with Crippen molar-refractivity contribution in [1.82, 2.24) is 5.16 Å². The van der Waals surface area contributed by atoms with Crippen molar-refractivity contribution in [3.63, 3.8) is 0 Å². The summed E-state index contributed by atoms with van der Waals surface area (Å²) in [5, 5.41) is 10.8. The molecule has 0 saturated heterocycles. The molecular formula is C7H7NO5. The number of aromatic amines is 1. The van der Waals surface area contributed by atoms with Gasteiger partial charge < -0.3 is 14.4 Å². The van der Waals surface area contributed by atoms with Crippen LogP contribution in [0.4, 0.5) is 0 Å². The zero-order valence-electron chi connectivity index (χ0n) is 6.57. The lowest BCUT2D eigenvalue weighted by molar-refractivity contribution is -0.141. The van der Waals surface area contributed by atoms with Gasteiger partial charge in [0.2, 0.25) is 0 Å². The number of hydrogen-bond donors (Lipinski definition) is 2. The second-order valence-corrected chi connectivity index (χ2v) is 2.78. The van der Waals surface area contributed by atoms with Crippen LogP contribution in [0.3, 0.4) is 0 Å². The van der Waals surface area contributed by atoms with E-state index in [1.54, 1.807) is 0 Å². The van der Waals surface area contributed by atoms with E-state index in [2.05, 4.69) is 5.16 Å². The molecule has 1 aliphatic rings. The molecule has 0 aliphatic carbocycles. The molecule has 2 heterocycles. The number of aromatic nitrogens is 1. The number of carboxylic acids is 1. The van der Waals surface area contributed by atoms with Gasteiger partial charge in [-0.2, -0.15) is 5.16 Å². The first-order valence-electron chi connectivity index (χ1n) is 3.71. The zero-order chi connectivity index (χ0) is 9.42. The number of nitrogens with one attached hydrogen (secondary N) is 1. The van der Waals surface area contributed by atoms with E-state index < -0.39 is 17.4 Å². The molecule has 0 spiro atoms. The van der Waals surface area contributed by atoms with Crippen molar-refractivity contribution in [3.05, 3.63) is 21.7 Å². The van der Waals surface area contributed by atoms with Gasteiger partial charge in [0.25, 0.3) is 5.56 Å². The van der Waals surface area contributed by atoms with E-state index in [4.69, 9.17) is 14.4 Å². The standard InChI is InChI=1S/C7H7NO5/c9-6-3-1-12-2-4(7(10)11)5(3)13-8-6/h4H,1-2H2,(H,8,9)(H,10,11). The van der Waals surface area contributed by atoms with Gasteiger partial charge in [-0.25, -0.2) is 0 Å². The van der Waals surface area contributed by atoms with E-state index in [-0.39, 0.29) is 24.5 Å². The summed E-state index contributed by atoms with van der Waals surface area (Å²) >= 11 is 0. The van der Waals surface area contributed by atoms with E-state index >= 15 is 0 Å². The Morgan fingerprint density at radius 3 is 3.08 bits per heavy atom. The second-order valence-electron chi connectivity index (χ2n) is 2.78. The average molecular weight is 185 g/mol. The van der Waals surface area contributed by atoms with Crippen molar-refractivity contribution in [3.8, 4) is 0 Å². The maximum Gasteiger partial charge on any atom is 0.316 e. The Morgan fingerprint density at radius 1 is 1.62 bits per heavy atom. The first-order valence-corrected chi connectivity index (χ1v) is 3.71. The number of aliphatic carboxylic acids is 1. The maximum absolute atomic E-state index is 11.0. The third kappa shape index (κ3) is 1.15. The van der Waals surface area contributed by atoms with Crippen LogP contribution in [0.25, 0.3) is 0 Å². The summed E-state index contributed by atoms with van der Waals surface area (Å²) in [6, 6.07) is 0. The molecule has 70 valence electrons. The number of fused-ring (bicyclic) bond motifs is 1. The molecule has 1 aliphatic heterocycles. The van der Waals surface area contributed by atoms with Crippen molar-refractivity contribution in [2.45, 2.75) is 12.5 Å². The van der Waals surface area contributed by atoms with Crippen LogP contribution in [-0.2, 0) is 16.1 Å². The van der Waals surface area contributed by atoms with Crippen LogP contribution in [0.1, 0.15) is 17.2 Å².